The van der Waals surface area contributed by atoms with Crippen LogP contribution < -0.4 is 11.4 Å². The summed E-state index contributed by atoms with van der Waals surface area (Å²) in [6.07, 6.45) is 2.92. The van der Waals surface area contributed by atoms with Gasteiger partial charge in [-0.3, -0.25) is 9.59 Å². The van der Waals surface area contributed by atoms with Gasteiger partial charge < -0.3 is 15.1 Å². The van der Waals surface area contributed by atoms with Crippen LogP contribution in [0.25, 0.3) is 22.1 Å². The number of amides is 2. The Labute approximate surface area is 174 Å². The Morgan fingerprint density at radius 2 is 1.80 bits per heavy atom. The number of carbonyl (C=O) groups excluding carboxylic acids is 2. The lowest BCUT2D eigenvalue weighted by atomic mass is 9.91. The van der Waals surface area contributed by atoms with Crippen molar-refractivity contribution in [1.82, 2.24) is 4.90 Å². The first kappa shape index (κ1) is 19.9. The minimum absolute atomic E-state index is 0.0459. The number of hydrogen-bond acceptors (Lipinski definition) is 4. The maximum atomic E-state index is 13.0. The molecule has 1 aromatic heterocycles. The number of para-hydroxylation sites is 1. The lowest BCUT2D eigenvalue weighted by Gasteiger charge is -2.32. The van der Waals surface area contributed by atoms with Crippen LogP contribution in [-0.4, -0.2) is 29.8 Å². The number of primary amides is 1. The maximum Gasteiger partial charge on any atom is 0.344 e. The van der Waals surface area contributed by atoms with E-state index in [1.54, 1.807) is 30.3 Å². The van der Waals surface area contributed by atoms with E-state index in [2.05, 4.69) is 0 Å². The minimum Gasteiger partial charge on any atom is -0.422 e. The van der Waals surface area contributed by atoms with Crippen molar-refractivity contribution in [2.45, 2.75) is 25.7 Å². The first-order valence-corrected chi connectivity index (χ1v) is 10.2. The summed E-state index contributed by atoms with van der Waals surface area (Å²) in [7, 11) is 0. The number of benzene rings is 2. The molecule has 0 radical (unpaired) electrons. The summed E-state index contributed by atoms with van der Waals surface area (Å²) >= 11 is 0. The normalized spacial score (nSPS) is 14.7. The van der Waals surface area contributed by atoms with Crippen molar-refractivity contribution in [3.63, 3.8) is 0 Å². The number of likely N-dealkylation sites (tertiary alicyclic amines) is 1. The first-order valence-electron chi connectivity index (χ1n) is 10.2. The molecule has 6 nitrogen and oxygen atoms in total. The van der Waals surface area contributed by atoms with Crippen molar-refractivity contribution >= 4 is 22.8 Å². The predicted molar refractivity (Wildman–Crippen MR) is 115 cm³/mol. The second-order valence-corrected chi connectivity index (χ2v) is 7.81. The summed E-state index contributed by atoms with van der Waals surface area (Å²) in [6, 6.07) is 16.3. The Morgan fingerprint density at radius 3 is 2.57 bits per heavy atom. The van der Waals surface area contributed by atoms with Gasteiger partial charge in [0, 0.05) is 30.5 Å². The van der Waals surface area contributed by atoms with Crippen LogP contribution in [0.3, 0.4) is 0 Å². The smallest absolute Gasteiger partial charge is 0.344 e. The van der Waals surface area contributed by atoms with E-state index < -0.39 is 5.63 Å². The molecule has 0 unspecified atom stereocenters. The van der Waals surface area contributed by atoms with Crippen LogP contribution >= 0.6 is 0 Å². The summed E-state index contributed by atoms with van der Waals surface area (Å²) in [6.45, 7) is 1.31. The average molecular weight is 404 g/mol. The molecule has 154 valence electrons. The number of piperidine rings is 1. The van der Waals surface area contributed by atoms with Crippen LogP contribution in [-0.2, 0) is 4.79 Å². The highest BCUT2D eigenvalue weighted by molar-refractivity contribution is 5.95. The molecule has 1 fully saturated rings. The molecular weight excluding hydrogens is 380 g/mol. The Morgan fingerprint density at radius 1 is 1.03 bits per heavy atom. The largest absolute Gasteiger partial charge is 0.422 e. The summed E-state index contributed by atoms with van der Waals surface area (Å²) in [5, 5.41) is 0.835. The molecule has 2 heterocycles. The standard InChI is InChI=1S/C24H24N2O4/c25-22(27)9-8-16-10-12-26(13-11-16)23(28)19-6-3-5-17(14-19)20-15-18-4-1-2-7-21(18)30-24(20)29/h1-7,14-16H,8-13H2,(H2,25,27). The van der Waals surface area contributed by atoms with Crippen molar-refractivity contribution in [2.24, 2.45) is 11.7 Å². The van der Waals surface area contributed by atoms with E-state index in [-0.39, 0.29) is 11.8 Å². The quantitative estimate of drug-likeness (QED) is 0.658. The van der Waals surface area contributed by atoms with Crippen LogP contribution in [0.4, 0.5) is 0 Å². The zero-order valence-electron chi connectivity index (χ0n) is 16.7. The van der Waals surface area contributed by atoms with Crippen molar-refractivity contribution in [1.29, 1.82) is 0 Å². The molecule has 1 aliphatic heterocycles. The van der Waals surface area contributed by atoms with E-state index in [1.165, 1.54) is 0 Å². The Bertz CT molecular complexity index is 1140. The van der Waals surface area contributed by atoms with E-state index in [0.29, 0.717) is 47.7 Å². The number of nitrogens with zero attached hydrogens (tertiary/aromatic N) is 1. The van der Waals surface area contributed by atoms with Gasteiger partial charge >= 0.3 is 5.63 Å². The molecule has 1 saturated heterocycles. The fraction of sp³-hybridized carbons (Fsp3) is 0.292. The molecule has 2 N–H and O–H groups in total. The topological polar surface area (TPSA) is 93.6 Å². The Kier molecular flexibility index (Phi) is 5.65. The Hall–Kier alpha value is -3.41. The number of fused-ring (bicyclic) bond motifs is 1. The molecule has 30 heavy (non-hydrogen) atoms. The van der Waals surface area contributed by atoms with E-state index in [1.807, 2.05) is 29.2 Å². The summed E-state index contributed by atoms with van der Waals surface area (Å²) in [5.74, 6) is 0.106. The van der Waals surface area contributed by atoms with E-state index in [0.717, 1.165) is 24.6 Å². The van der Waals surface area contributed by atoms with Gasteiger partial charge in [0.05, 0.1) is 5.56 Å². The highest BCUT2D eigenvalue weighted by Gasteiger charge is 2.24. The van der Waals surface area contributed by atoms with Gasteiger partial charge in [-0.05, 0) is 55.0 Å². The highest BCUT2D eigenvalue weighted by atomic mass is 16.4. The molecule has 0 atom stereocenters. The summed E-state index contributed by atoms with van der Waals surface area (Å²) < 4.78 is 5.43. The minimum atomic E-state index is -0.423. The number of hydrogen-bond donors (Lipinski definition) is 1. The van der Waals surface area contributed by atoms with Gasteiger partial charge in [-0.15, -0.1) is 0 Å². The third kappa shape index (κ3) is 4.27. The second-order valence-electron chi connectivity index (χ2n) is 7.81. The van der Waals surface area contributed by atoms with Crippen LogP contribution in [0.5, 0.6) is 0 Å². The van der Waals surface area contributed by atoms with Gasteiger partial charge in [0.1, 0.15) is 5.58 Å². The zero-order chi connectivity index (χ0) is 21.1. The molecule has 4 rings (SSSR count). The third-order valence-corrected chi connectivity index (χ3v) is 5.76. The molecule has 1 aliphatic rings. The highest BCUT2D eigenvalue weighted by Crippen LogP contribution is 2.25. The van der Waals surface area contributed by atoms with Crippen molar-refractivity contribution in [2.75, 3.05) is 13.1 Å². The molecule has 2 amide bonds. The number of rotatable bonds is 5. The van der Waals surface area contributed by atoms with Gasteiger partial charge in [0.2, 0.25) is 5.91 Å². The fourth-order valence-corrected chi connectivity index (χ4v) is 4.04. The molecule has 0 saturated carbocycles. The predicted octanol–water partition coefficient (Wildman–Crippen LogP) is 3.58. The zero-order valence-corrected chi connectivity index (χ0v) is 16.7. The van der Waals surface area contributed by atoms with Gasteiger partial charge in [-0.25, -0.2) is 4.79 Å². The molecule has 2 aromatic carbocycles. The lowest BCUT2D eigenvalue weighted by Crippen LogP contribution is -2.38. The van der Waals surface area contributed by atoms with Gasteiger partial charge in [0.15, 0.2) is 0 Å². The van der Waals surface area contributed by atoms with Gasteiger partial charge in [0.25, 0.3) is 5.91 Å². The van der Waals surface area contributed by atoms with Crippen molar-refractivity contribution in [3.05, 3.63) is 70.6 Å². The summed E-state index contributed by atoms with van der Waals surface area (Å²) in [4.78, 5) is 38.3. The maximum absolute atomic E-state index is 13.0. The molecule has 6 heteroatoms. The molecule has 0 aliphatic carbocycles. The first-order chi connectivity index (χ1) is 14.5. The van der Waals surface area contributed by atoms with Crippen molar-refractivity contribution in [3.8, 4) is 11.1 Å². The summed E-state index contributed by atoms with van der Waals surface area (Å²) in [5.41, 5.74) is 7.00. The van der Waals surface area contributed by atoms with E-state index >= 15 is 0 Å². The molecule has 0 bridgehead atoms. The van der Waals surface area contributed by atoms with Crippen LogP contribution in [0.15, 0.2) is 63.8 Å². The fourth-order valence-electron chi connectivity index (χ4n) is 4.04. The van der Waals surface area contributed by atoms with Crippen LogP contribution in [0.1, 0.15) is 36.0 Å². The molecule has 3 aromatic rings. The van der Waals surface area contributed by atoms with E-state index in [4.69, 9.17) is 10.2 Å². The monoisotopic (exact) mass is 404 g/mol. The van der Waals surface area contributed by atoms with Crippen LogP contribution in [0.2, 0.25) is 0 Å². The van der Waals surface area contributed by atoms with Crippen LogP contribution in [0, 0.1) is 5.92 Å². The third-order valence-electron chi connectivity index (χ3n) is 5.76. The van der Waals surface area contributed by atoms with Gasteiger partial charge in [-0.1, -0.05) is 30.3 Å². The number of nitrogens with two attached hydrogens (primary N) is 1. The van der Waals surface area contributed by atoms with Crippen molar-refractivity contribution < 1.29 is 14.0 Å². The lowest BCUT2D eigenvalue weighted by molar-refractivity contribution is -0.118. The average Bonchev–Trinajstić information content (AvgIpc) is 2.77. The second kappa shape index (κ2) is 8.53. The number of carbonyl (C=O) groups is 2. The van der Waals surface area contributed by atoms with Gasteiger partial charge in [-0.2, -0.15) is 0 Å². The molecular formula is C24H24N2O4. The van der Waals surface area contributed by atoms with E-state index in [9.17, 15) is 14.4 Å². The molecule has 0 spiro atoms. The Balaban J connectivity index is 1.51. The SMILES string of the molecule is NC(=O)CCC1CCN(C(=O)c2cccc(-c3cc4ccccc4oc3=O)c2)CC1.